The van der Waals surface area contributed by atoms with Crippen molar-refractivity contribution in [2.75, 3.05) is 0 Å². The second-order valence-electron chi connectivity index (χ2n) is 2.83. The van der Waals surface area contributed by atoms with E-state index in [1.807, 2.05) is 0 Å². The molecular formula is C9H14O3. The first-order chi connectivity index (χ1) is 5.49. The van der Waals surface area contributed by atoms with Gasteiger partial charge >= 0.3 is 5.97 Å². The topological polar surface area (TPSA) is 57.5 Å². The van der Waals surface area contributed by atoms with Crippen molar-refractivity contribution in [2.24, 2.45) is 5.92 Å². The van der Waals surface area contributed by atoms with Gasteiger partial charge in [-0.3, -0.25) is 4.79 Å². The molecule has 3 heteroatoms. The van der Waals surface area contributed by atoms with Crippen molar-refractivity contribution in [3.8, 4) is 0 Å². The summed E-state index contributed by atoms with van der Waals surface area (Å²) < 4.78 is 0. The lowest BCUT2D eigenvalue weighted by Gasteiger charge is -2.11. The Morgan fingerprint density at radius 3 is 2.25 bits per heavy atom. The van der Waals surface area contributed by atoms with Crippen molar-refractivity contribution in [1.29, 1.82) is 0 Å². The summed E-state index contributed by atoms with van der Waals surface area (Å²) in [6, 6.07) is 0. The molecule has 0 rings (SSSR count). The van der Waals surface area contributed by atoms with Crippen molar-refractivity contribution in [1.82, 2.24) is 0 Å². The highest BCUT2D eigenvalue weighted by atomic mass is 16.4. The Bertz CT molecular complexity index is 202. The molecule has 3 nitrogen and oxygen atoms in total. The summed E-state index contributed by atoms with van der Waals surface area (Å²) in [5.41, 5.74) is 0.885. The third kappa shape index (κ3) is 3.34. The van der Waals surface area contributed by atoms with E-state index in [2.05, 4.69) is 6.58 Å². The molecule has 0 aliphatic heterocycles. The Hall–Kier alpha value is -1.09. The number of aliphatic hydroxyl groups is 1. The molecule has 0 aliphatic carbocycles. The molecule has 2 atom stereocenters. The second-order valence-corrected chi connectivity index (χ2v) is 2.83. The van der Waals surface area contributed by atoms with Crippen molar-refractivity contribution >= 4 is 5.97 Å². The zero-order valence-electron chi connectivity index (χ0n) is 7.32. The Labute approximate surface area is 72.0 Å². The smallest absolute Gasteiger partial charge is 0.313 e. The maximum atomic E-state index is 10.5. The van der Waals surface area contributed by atoms with Crippen LogP contribution in [0.4, 0.5) is 0 Å². The number of aliphatic carboxylic acids is 1. The third-order valence-corrected chi connectivity index (χ3v) is 1.41. The number of hydrogen-bond donors (Lipinski definition) is 2. The number of allylic oxidation sites excluding steroid dienone is 1. The summed E-state index contributed by atoms with van der Waals surface area (Å²) in [5.74, 6) is -1.98. The van der Waals surface area contributed by atoms with Crippen LogP contribution in [0, 0.1) is 5.92 Å². The van der Waals surface area contributed by atoms with E-state index in [0.717, 1.165) is 5.57 Å². The molecule has 0 spiro atoms. The molecule has 0 bridgehead atoms. The highest BCUT2D eigenvalue weighted by molar-refractivity contribution is 5.73. The average molecular weight is 170 g/mol. The maximum Gasteiger partial charge on any atom is 0.313 e. The monoisotopic (exact) mass is 170 g/mol. The molecule has 0 saturated carbocycles. The molecule has 0 unspecified atom stereocenters. The van der Waals surface area contributed by atoms with E-state index in [1.54, 1.807) is 13.8 Å². The highest BCUT2D eigenvalue weighted by Crippen LogP contribution is 2.08. The van der Waals surface area contributed by atoms with E-state index >= 15 is 0 Å². The van der Waals surface area contributed by atoms with Crippen LogP contribution in [0.1, 0.15) is 13.8 Å². The molecule has 0 radical (unpaired) electrons. The quantitative estimate of drug-likeness (QED) is 0.623. The van der Waals surface area contributed by atoms with Gasteiger partial charge in [0.1, 0.15) is 5.92 Å². The van der Waals surface area contributed by atoms with Gasteiger partial charge in [-0.15, -0.1) is 6.58 Å². The largest absolute Gasteiger partial charge is 0.481 e. The predicted octanol–water partition coefficient (Wildman–Crippen LogP) is 1.20. The summed E-state index contributed by atoms with van der Waals surface area (Å²) in [6.45, 7) is 6.93. The first kappa shape index (κ1) is 10.9. The number of carboxylic acid groups (broad SMARTS) is 1. The lowest BCUT2D eigenvalue weighted by atomic mass is 10.0. The van der Waals surface area contributed by atoms with Gasteiger partial charge in [0.05, 0.1) is 6.10 Å². The standard InChI is InChI=1S/C9H14O3/c1-4-7(9(11)12)8(10)5-6(2)3/h4-5,7-8,10H,1H2,2-3H3,(H,11,12)/t7-,8-/m1/s1. The molecule has 12 heavy (non-hydrogen) atoms. The molecule has 0 aliphatic rings. The average Bonchev–Trinajstić information content (AvgIpc) is 1.85. The zero-order chi connectivity index (χ0) is 9.72. The van der Waals surface area contributed by atoms with E-state index < -0.39 is 18.0 Å². The summed E-state index contributed by atoms with van der Waals surface area (Å²) >= 11 is 0. The molecule has 0 aromatic carbocycles. The Morgan fingerprint density at radius 1 is 1.50 bits per heavy atom. The molecule has 0 saturated heterocycles. The van der Waals surface area contributed by atoms with Gasteiger partial charge < -0.3 is 10.2 Å². The molecular weight excluding hydrogens is 156 g/mol. The lowest BCUT2D eigenvalue weighted by molar-refractivity contribution is -0.142. The van der Waals surface area contributed by atoms with Gasteiger partial charge in [-0.1, -0.05) is 17.7 Å². The SMILES string of the molecule is C=C[C@@H](C(=O)O)[C@H](O)C=C(C)C. The molecule has 68 valence electrons. The van der Waals surface area contributed by atoms with E-state index in [-0.39, 0.29) is 0 Å². The fraction of sp³-hybridized carbons (Fsp3) is 0.444. The van der Waals surface area contributed by atoms with Crippen LogP contribution in [-0.2, 0) is 4.79 Å². The summed E-state index contributed by atoms with van der Waals surface area (Å²) in [4.78, 5) is 10.5. The van der Waals surface area contributed by atoms with Gasteiger partial charge in [0.2, 0.25) is 0 Å². The first-order valence-electron chi connectivity index (χ1n) is 3.67. The minimum absolute atomic E-state index is 0.885. The van der Waals surface area contributed by atoms with Gasteiger partial charge in [-0.2, -0.15) is 0 Å². The van der Waals surface area contributed by atoms with Crippen molar-refractivity contribution in [2.45, 2.75) is 20.0 Å². The summed E-state index contributed by atoms with van der Waals surface area (Å²) in [6.07, 6.45) is 1.75. The van der Waals surface area contributed by atoms with Crippen LogP contribution in [-0.4, -0.2) is 22.3 Å². The van der Waals surface area contributed by atoms with E-state index in [9.17, 15) is 9.90 Å². The van der Waals surface area contributed by atoms with Crippen molar-refractivity contribution < 1.29 is 15.0 Å². The van der Waals surface area contributed by atoms with Gasteiger partial charge in [0.15, 0.2) is 0 Å². The summed E-state index contributed by atoms with van der Waals surface area (Å²) in [7, 11) is 0. The highest BCUT2D eigenvalue weighted by Gasteiger charge is 2.20. The van der Waals surface area contributed by atoms with Crippen LogP contribution in [0.5, 0.6) is 0 Å². The first-order valence-corrected chi connectivity index (χ1v) is 3.67. The lowest BCUT2D eigenvalue weighted by Crippen LogP contribution is -2.24. The fourth-order valence-electron chi connectivity index (χ4n) is 0.832. The third-order valence-electron chi connectivity index (χ3n) is 1.41. The molecule has 0 heterocycles. The van der Waals surface area contributed by atoms with Crippen molar-refractivity contribution in [3.63, 3.8) is 0 Å². The predicted molar refractivity (Wildman–Crippen MR) is 46.8 cm³/mol. The Kier molecular flexibility index (Phi) is 4.29. The molecule has 0 aromatic rings. The zero-order valence-corrected chi connectivity index (χ0v) is 7.32. The molecule has 0 aromatic heterocycles. The van der Waals surface area contributed by atoms with Crippen molar-refractivity contribution in [3.05, 3.63) is 24.3 Å². The number of rotatable bonds is 4. The normalized spacial score (nSPS) is 14.6. The molecule has 0 fully saturated rings. The molecule has 0 amide bonds. The number of aliphatic hydroxyl groups excluding tert-OH is 1. The van der Waals surface area contributed by atoms with Crippen LogP contribution >= 0.6 is 0 Å². The number of hydrogen-bond acceptors (Lipinski definition) is 2. The Morgan fingerprint density at radius 2 is 2.00 bits per heavy atom. The number of carboxylic acids is 1. The van der Waals surface area contributed by atoms with E-state index in [4.69, 9.17) is 5.11 Å². The van der Waals surface area contributed by atoms with Crippen LogP contribution in [0.15, 0.2) is 24.3 Å². The van der Waals surface area contributed by atoms with E-state index in [1.165, 1.54) is 12.2 Å². The van der Waals surface area contributed by atoms with Gasteiger partial charge in [-0.25, -0.2) is 0 Å². The van der Waals surface area contributed by atoms with Crippen LogP contribution in [0.2, 0.25) is 0 Å². The van der Waals surface area contributed by atoms with Gasteiger partial charge in [0, 0.05) is 0 Å². The van der Waals surface area contributed by atoms with Gasteiger partial charge in [-0.05, 0) is 13.8 Å². The fourth-order valence-corrected chi connectivity index (χ4v) is 0.832. The minimum atomic E-state index is -1.06. The van der Waals surface area contributed by atoms with Gasteiger partial charge in [0.25, 0.3) is 0 Å². The summed E-state index contributed by atoms with van der Waals surface area (Å²) in [5, 5.41) is 17.9. The molecule has 2 N–H and O–H groups in total. The van der Waals surface area contributed by atoms with E-state index in [0.29, 0.717) is 0 Å². The van der Waals surface area contributed by atoms with Crippen LogP contribution in [0.3, 0.4) is 0 Å². The second kappa shape index (κ2) is 4.72. The van der Waals surface area contributed by atoms with Crippen LogP contribution in [0.25, 0.3) is 0 Å². The maximum absolute atomic E-state index is 10.5. The minimum Gasteiger partial charge on any atom is -0.481 e. The number of carbonyl (C=O) groups is 1. The van der Waals surface area contributed by atoms with Crippen LogP contribution < -0.4 is 0 Å². The Balaban J connectivity index is 4.42.